The van der Waals surface area contributed by atoms with Crippen LogP contribution in [0.3, 0.4) is 0 Å². The highest BCUT2D eigenvalue weighted by molar-refractivity contribution is 9.10. The van der Waals surface area contributed by atoms with Crippen molar-refractivity contribution < 1.29 is 14.3 Å². The first-order valence-electron chi connectivity index (χ1n) is 10.1. The van der Waals surface area contributed by atoms with Crippen LogP contribution < -0.4 is 5.32 Å². The van der Waals surface area contributed by atoms with Crippen LogP contribution in [-0.2, 0) is 14.3 Å². The summed E-state index contributed by atoms with van der Waals surface area (Å²) in [7, 11) is 0. The van der Waals surface area contributed by atoms with Crippen molar-refractivity contribution in [2.45, 2.75) is 32.0 Å². The van der Waals surface area contributed by atoms with Gasteiger partial charge in [0.25, 0.3) is 0 Å². The van der Waals surface area contributed by atoms with Gasteiger partial charge in [0.05, 0.1) is 35.9 Å². The fourth-order valence-electron chi connectivity index (χ4n) is 3.29. The van der Waals surface area contributed by atoms with Gasteiger partial charge in [0.15, 0.2) is 5.16 Å². The molecule has 0 spiro atoms. The first-order chi connectivity index (χ1) is 15.4. The minimum Gasteiger partial charge on any atom is -0.464 e. The van der Waals surface area contributed by atoms with Crippen LogP contribution in [0.1, 0.15) is 26.3 Å². The number of ether oxygens (including phenoxy) is 1. The van der Waals surface area contributed by atoms with E-state index in [1.807, 2.05) is 48.7 Å². The van der Waals surface area contributed by atoms with Gasteiger partial charge < -0.3 is 10.1 Å². The number of carbonyl (C=O) groups excluding carboxylic acids is 2. The molecule has 166 valence electrons. The Kier molecular flexibility index (Phi) is 7.94. The number of hydrogen-bond acceptors (Lipinski definition) is 6. The molecule has 9 heteroatoms. The fraction of sp³-hybridized carbons (Fsp3) is 0.304. The number of amides is 1. The van der Waals surface area contributed by atoms with Crippen LogP contribution in [0, 0.1) is 17.2 Å². The highest BCUT2D eigenvalue weighted by Gasteiger charge is 2.25. The number of halogens is 1. The Morgan fingerprint density at radius 3 is 2.62 bits per heavy atom. The lowest BCUT2D eigenvalue weighted by Crippen LogP contribution is -2.46. The third-order valence-corrected chi connectivity index (χ3v) is 6.32. The Morgan fingerprint density at radius 1 is 1.25 bits per heavy atom. The molecule has 0 fully saturated rings. The Hall–Kier alpha value is -2.83. The number of hydrogen-bond donors (Lipinski definition) is 1. The molecule has 2 aromatic carbocycles. The van der Waals surface area contributed by atoms with Crippen molar-refractivity contribution in [2.24, 2.45) is 5.92 Å². The molecule has 0 aliphatic rings. The Labute approximate surface area is 199 Å². The number of nitrogens with zero attached hydrogens (tertiary/aromatic N) is 3. The molecule has 1 atom stereocenters. The van der Waals surface area contributed by atoms with E-state index in [1.165, 1.54) is 11.8 Å². The molecular formula is C23H23BrN4O3S. The third kappa shape index (κ3) is 5.14. The molecule has 0 aliphatic carbocycles. The Morgan fingerprint density at radius 2 is 1.97 bits per heavy atom. The minimum atomic E-state index is -0.697. The van der Waals surface area contributed by atoms with Gasteiger partial charge in [-0.15, -0.1) is 0 Å². The molecule has 32 heavy (non-hydrogen) atoms. The largest absolute Gasteiger partial charge is 0.464 e. The number of aromatic nitrogens is 2. The van der Waals surface area contributed by atoms with Crippen LogP contribution in [0.15, 0.2) is 52.4 Å². The zero-order chi connectivity index (χ0) is 23.3. The van der Waals surface area contributed by atoms with Crippen molar-refractivity contribution in [1.29, 1.82) is 5.26 Å². The molecule has 0 radical (unpaired) electrons. The number of esters is 1. The van der Waals surface area contributed by atoms with Gasteiger partial charge in [0, 0.05) is 10.8 Å². The molecule has 0 saturated carbocycles. The molecule has 1 N–H and O–H groups in total. The summed E-state index contributed by atoms with van der Waals surface area (Å²) in [5.74, 6) is -0.726. The van der Waals surface area contributed by atoms with E-state index in [1.54, 1.807) is 19.2 Å². The molecule has 0 unspecified atom stereocenters. The first-order valence-corrected chi connectivity index (χ1v) is 11.9. The Bertz CT molecular complexity index is 1190. The van der Waals surface area contributed by atoms with E-state index in [0.29, 0.717) is 10.7 Å². The predicted molar refractivity (Wildman–Crippen MR) is 128 cm³/mol. The molecule has 0 bridgehead atoms. The van der Waals surface area contributed by atoms with Gasteiger partial charge in [-0.25, -0.2) is 9.78 Å². The quantitative estimate of drug-likeness (QED) is 0.352. The van der Waals surface area contributed by atoms with Gasteiger partial charge in [-0.05, 0) is 40.9 Å². The summed E-state index contributed by atoms with van der Waals surface area (Å²) in [4.78, 5) is 29.1. The standard InChI is InChI=1S/C23H23BrN4O3S/c1-4-31-22(30)21(14(2)3)27-20(29)13-32-23-26-12-19(24)28(23)18-10-9-15(11-25)16-7-5-6-8-17(16)18/h5-10,12,14,21H,4,13H2,1-3H3,(H,27,29)/t21-/m1/s1. The highest BCUT2D eigenvalue weighted by Crippen LogP contribution is 2.32. The van der Waals surface area contributed by atoms with E-state index in [0.717, 1.165) is 21.1 Å². The Balaban J connectivity index is 1.84. The molecule has 3 rings (SSSR count). The van der Waals surface area contributed by atoms with Crippen molar-refractivity contribution in [1.82, 2.24) is 14.9 Å². The van der Waals surface area contributed by atoms with E-state index in [2.05, 4.69) is 32.3 Å². The number of carbonyl (C=O) groups is 2. The number of rotatable bonds is 8. The van der Waals surface area contributed by atoms with Gasteiger partial charge in [-0.2, -0.15) is 5.26 Å². The van der Waals surface area contributed by atoms with E-state index in [4.69, 9.17) is 4.74 Å². The van der Waals surface area contributed by atoms with Gasteiger partial charge >= 0.3 is 5.97 Å². The minimum absolute atomic E-state index is 0.0836. The number of benzene rings is 2. The van der Waals surface area contributed by atoms with Crippen molar-refractivity contribution in [3.05, 3.63) is 52.8 Å². The van der Waals surface area contributed by atoms with Crippen molar-refractivity contribution in [2.75, 3.05) is 12.4 Å². The van der Waals surface area contributed by atoms with Crippen molar-refractivity contribution in [3.8, 4) is 11.8 Å². The number of fused-ring (bicyclic) bond motifs is 1. The zero-order valence-corrected chi connectivity index (χ0v) is 20.4. The third-order valence-electron chi connectivity index (χ3n) is 4.80. The summed E-state index contributed by atoms with van der Waals surface area (Å²) >= 11 is 4.80. The summed E-state index contributed by atoms with van der Waals surface area (Å²) in [6.45, 7) is 5.71. The summed E-state index contributed by atoms with van der Waals surface area (Å²) in [5, 5.41) is 14.6. The van der Waals surface area contributed by atoms with E-state index in [-0.39, 0.29) is 24.2 Å². The van der Waals surface area contributed by atoms with Crippen LogP contribution >= 0.6 is 27.7 Å². The predicted octanol–water partition coefficient (Wildman–Crippen LogP) is 4.46. The monoisotopic (exact) mass is 514 g/mol. The molecule has 1 heterocycles. The van der Waals surface area contributed by atoms with Crippen LogP contribution in [0.4, 0.5) is 0 Å². The summed E-state index contributed by atoms with van der Waals surface area (Å²) in [5.41, 5.74) is 1.44. The maximum absolute atomic E-state index is 12.6. The number of thioether (sulfide) groups is 1. The summed E-state index contributed by atoms with van der Waals surface area (Å²) in [6, 6.07) is 12.8. The van der Waals surface area contributed by atoms with E-state index in [9.17, 15) is 14.9 Å². The van der Waals surface area contributed by atoms with Crippen LogP contribution in [-0.4, -0.2) is 39.8 Å². The number of imidazole rings is 1. The molecule has 1 aromatic heterocycles. The summed E-state index contributed by atoms with van der Waals surface area (Å²) < 4.78 is 7.68. The molecule has 7 nitrogen and oxygen atoms in total. The van der Waals surface area contributed by atoms with Crippen LogP contribution in [0.5, 0.6) is 0 Å². The lowest BCUT2D eigenvalue weighted by Gasteiger charge is -2.20. The molecule has 0 saturated heterocycles. The summed E-state index contributed by atoms with van der Waals surface area (Å²) in [6.07, 6.45) is 1.67. The lowest BCUT2D eigenvalue weighted by atomic mass is 10.0. The van der Waals surface area contributed by atoms with E-state index < -0.39 is 12.0 Å². The van der Waals surface area contributed by atoms with Crippen LogP contribution in [0.25, 0.3) is 16.5 Å². The van der Waals surface area contributed by atoms with Crippen LogP contribution in [0.2, 0.25) is 0 Å². The average molecular weight is 515 g/mol. The van der Waals surface area contributed by atoms with Gasteiger partial charge in [-0.1, -0.05) is 49.9 Å². The number of nitrogens with one attached hydrogen (secondary N) is 1. The zero-order valence-electron chi connectivity index (χ0n) is 18.0. The SMILES string of the molecule is CCOC(=O)[C@H](NC(=O)CSc1ncc(Br)n1-c1ccc(C#N)c2ccccc12)C(C)C. The lowest BCUT2D eigenvalue weighted by molar-refractivity contribution is -0.148. The maximum Gasteiger partial charge on any atom is 0.328 e. The second-order valence-electron chi connectivity index (χ2n) is 7.32. The molecule has 1 amide bonds. The molecule has 3 aromatic rings. The highest BCUT2D eigenvalue weighted by atomic mass is 79.9. The van der Waals surface area contributed by atoms with Crippen molar-refractivity contribution >= 4 is 50.3 Å². The van der Waals surface area contributed by atoms with Gasteiger partial charge in [0.1, 0.15) is 10.6 Å². The maximum atomic E-state index is 12.6. The first kappa shape index (κ1) is 23.8. The van der Waals surface area contributed by atoms with Gasteiger partial charge in [0.2, 0.25) is 5.91 Å². The molecule has 0 aliphatic heterocycles. The normalized spacial score (nSPS) is 11.9. The van der Waals surface area contributed by atoms with Gasteiger partial charge in [-0.3, -0.25) is 9.36 Å². The molecular weight excluding hydrogens is 492 g/mol. The fourth-order valence-corrected chi connectivity index (χ4v) is 4.66. The average Bonchev–Trinajstić information content (AvgIpc) is 3.15. The topological polar surface area (TPSA) is 97.0 Å². The van der Waals surface area contributed by atoms with Crippen molar-refractivity contribution in [3.63, 3.8) is 0 Å². The second kappa shape index (κ2) is 10.7. The number of nitriles is 1. The second-order valence-corrected chi connectivity index (χ2v) is 9.07. The smallest absolute Gasteiger partial charge is 0.328 e. The van der Waals surface area contributed by atoms with E-state index >= 15 is 0 Å².